The molecule has 0 aliphatic carbocycles. The van der Waals surface area contributed by atoms with Crippen molar-refractivity contribution in [2.75, 3.05) is 0 Å². The van der Waals surface area contributed by atoms with Gasteiger partial charge in [-0.3, -0.25) is 4.79 Å². The third-order valence-electron chi connectivity index (χ3n) is 3.13. The predicted molar refractivity (Wildman–Crippen MR) is 98.6 cm³/mol. The topological polar surface area (TPSA) is 66.8 Å². The summed E-state index contributed by atoms with van der Waals surface area (Å²) in [5.74, 6) is -0.173. The van der Waals surface area contributed by atoms with Crippen LogP contribution in [0.15, 0.2) is 60.4 Å². The fourth-order valence-electron chi connectivity index (χ4n) is 1.85. The number of carboxylic acids is 1. The monoisotopic (exact) mass is 334 g/mol. The summed E-state index contributed by atoms with van der Waals surface area (Å²) in [6.07, 6.45) is 24.0. The Morgan fingerprint density at radius 2 is 1.54 bits per heavy atom. The quantitative estimate of drug-likeness (QED) is 0.138. The Kier molecular flexibility index (Phi) is 15.8. The Bertz CT molecular complexity index is 456. The first-order valence-corrected chi connectivity index (χ1v) is 8.52. The summed E-state index contributed by atoms with van der Waals surface area (Å²) < 4.78 is 0. The highest BCUT2D eigenvalue weighted by Crippen LogP contribution is 2.06. The second-order valence-electron chi connectivity index (χ2n) is 5.25. The molecule has 0 aliphatic heterocycles. The lowest BCUT2D eigenvalue weighted by Crippen LogP contribution is -1.92. The molecular weight excluding hydrogens is 304 g/mol. The second kappa shape index (κ2) is 17.3. The molecule has 0 saturated heterocycles. The van der Waals surface area contributed by atoms with Gasteiger partial charge in [-0.15, -0.1) is 0 Å². The molecule has 0 aromatic heterocycles. The highest BCUT2D eigenvalue weighted by atomic mass is 17.1. The van der Waals surface area contributed by atoms with E-state index in [9.17, 15) is 4.79 Å². The van der Waals surface area contributed by atoms with Gasteiger partial charge in [-0.25, -0.2) is 5.26 Å². The molecule has 0 amide bonds. The van der Waals surface area contributed by atoms with Gasteiger partial charge in [0.1, 0.15) is 5.76 Å². The minimum Gasteiger partial charge on any atom is -0.481 e. The van der Waals surface area contributed by atoms with Crippen LogP contribution in [0.25, 0.3) is 0 Å². The summed E-state index contributed by atoms with van der Waals surface area (Å²) in [6.45, 7) is 2.06. The first kappa shape index (κ1) is 21.9. The maximum absolute atomic E-state index is 10.3. The molecule has 4 heteroatoms. The molecular formula is C20H30O4. The molecule has 24 heavy (non-hydrogen) atoms. The molecule has 0 bridgehead atoms. The SMILES string of the molecule is CC/C=C/C/C(=C/C/C=C/C/C=C/C/C=C/CCCC(=O)O)OO. The summed E-state index contributed by atoms with van der Waals surface area (Å²) in [4.78, 5) is 14.7. The second-order valence-corrected chi connectivity index (χ2v) is 5.25. The normalized spacial score (nSPS) is 13.0. The van der Waals surface area contributed by atoms with Crippen LogP contribution in [-0.2, 0) is 9.68 Å². The van der Waals surface area contributed by atoms with E-state index >= 15 is 0 Å². The molecule has 134 valence electrons. The number of allylic oxidation sites excluding steroid dienone is 9. The van der Waals surface area contributed by atoms with E-state index < -0.39 is 5.97 Å². The Morgan fingerprint density at radius 3 is 2.12 bits per heavy atom. The summed E-state index contributed by atoms with van der Waals surface area (Å²) in [6, 6.07) is 0. The molecule has 0 aromatic carbocycles. The van der Waals surface area contributed by atoms with Gasteiger partial charge in [0.05, 0.1) is 0 Å². The van der Waals surface area contributed by atoms with Gasteiger partial charge in [-0.2, -0.15) is 0 Å². The van der Waals surface area contributed by atoms with Gasteiger partial charge in [-0.05, 0) is 44.6 Å². The molecule has 2 N–H and O–H groups in total. The van der Waals surface area contributed by atoms with Crippen molar-refractivity contribution in [3.05, 3.63) is 60.4 Å². The molecule has 0 atom stereocenters. The van der Waals surface area contributed by atoms with Crippen LogP contribution < -0.4 is 0 Å². The van der Waals surface area contributed by atoms with E-state index in [1.165, 1.54) is 0 Å². The van der Waals surface area contributed by atoms with Gasteiger partial charge in [-0.1, -0.05) is 55.5 Å². The van der Waals surface area contributed by atoms with Gasteiger partial charge in [0.2, 0.25) is 0 Å². The van der Waals surface area contributed by atoms with Gasteiger partial charge < -0.3 is 9.99 Å². The van der Waals surface area contributed by atoms with E-state index in [-0.39, 0.29) is 6.42 Å². The molecule has 0 unspecified atom stereocenters. The fraction of sp³-hybridized carbons (Fsp3) is 0.450. The predicted octanol–water partition coefficient (Wildman–Crippen LogP) is 5.81. The average molecular weight is 334 g/mol. The largest absolute Gasteiger partial charge is 0.481 e. The maximum atomic E-state index is 10.3. The summed E-state index contributed by atoms with van der Waals surface area (Å²) in [7, 11) is 0. The number of hydrogen-bond acceptors (Lipinski definition) is 3. The zero-order valence-corrected chi connectivity index (χ0v) is 14.6. The number of carboxylic acid groups (broad SMARTS) is 1. The van der Waals surface area contributed by atoms with Crippen molar-refractivity contribution in [1.29, 1.82) is 0 Å². The van der Waals surface area contributed by atoms with Gasteiger partial charge in [0.25, 0.3) is 0 Å². The van der Waals surface area contributed by atoms with Crippen molar-refractivity contribution in [3.63, 3.8) is 0 Å². The molecule has 0 aliphatic rings. The summed E-state index contributed by atoms with van der Waals surface area (Å²) >= 11 is 0. The van der Waals surface area contributed by atoms with Crippen LogP contribution in [0.5, 0.6) is 0 Å². The standard InChI is InChI=1S/C20H30O4/c1-2-3-13-16-19(24-23)17-14-11-9-7-5-4-6-8-10-12-15-18-20(21)22/h3-5,8-11,13,17,23H,2,6-7,12,14-16,18H2,1H3,(H,21,22)/b5-4+,10-8+,11-9+,13-3+,19-17-. The van der Waals surface area contributed by atoms with Crippen LogP contribution in [0.2, 0.25) is 0 Å². The number of carbonyl (C=O) groups is 1. The molecule has 0 heterocycles. The zero-order chi connectivity index (χ0) is 17.9. The number of unbranched alkanes of at least 4 members (excludes halogenated alkanes) is 1. The van der Waals surface area contributed by atoms with E-state index in [1.807, 2.05) is 30.4 Å². The zero-order valence-electron chi connectivity index (χ0n) is 14.6. The smallest absolute Gasteiger partial charge is 0.303 e. The third-order valence-corrected chi connectivity index (χ3v) is 3.13. The van der Waals surface area contributed by atoms with Crippen molar-refractivity contribution in [3.8, 4) is 0 Å². The average Bonchev–Trinajstić information content (AvgIpc) is 2.57. The Morgan fingerprint density at radius 1 is 0.917 bits per heavy atom. The lowest BCUT2D eigenvalue weighted by Gasteiger charge is -1.98. The molecule has 0 rings (SSSR count). The number of rotatable bonds is 14. The van der Waals surface area contributed by atoms with Crippen molar-refractivity contribution in [1.82, 2.24) is 0 Å². The van der Waals surface area contributed by atoms with Crippen LogP contribution in [0, 0.1) is 0 Å². The van der Waals surface area contributed by atoms with Crippen molar-refractivity contribution < 1.29 is 20.0 Å². The summed E-state index contributed by atoms with van der Waals surface area (Å²) in [5.41, 5.74) is 0. The highest BCUT2D eigenvalue weighted by Gasteiger charge is 1.93. The molecule has 0 fully saturated rings. The van der Waals surface area contributed by atoms with Crippen molar-refractivity contribution in [2.24, 2.45) is 0 Å². The van der Waals surface area contributed by atoms with E-state index in [0.29, 0.717) is 18.6 Å². The molecule has 0 radical (unpaired) electrons. The van der Waals surface area contributed by atoms with E-state index in [2.05, 4.69) is 36.1 Å². The minimum absolute atomic E-state index is 0.233. The lowest BCUT2D eigenvalue weighted by atomic mass is 10.2. The van der Waals surface area contributed by atoms with Gasteiger partial charge in [0.15, 0.2) is 0 Å². The van der Waals surface area contributed by atoms with Crippen molar-refractivity contribution in [2.45, 2.75) is 58.3 Å². The number of aliphatic carboxylic acids is 1. The van der Waals surface area contributed by atoms with E-state index in [4.69, 9.17) is 10.4 Å². The lowest BCUT2D eigenvalue weighted by molar-refractivity contribution is -0.204. The molecule has 4 nitrogen and oxygen atoms in total. The van der Waals surface area contributed by atoms with Gasteiger partial charge in [0, 0.05) is 12.8 Å². The van der Waals surface area contributed by atoms with Crippen LogP contribution in [0.1, 0.15) is 58.3 Å². The van der Waals surface area contributed by atoms with Crippen LogP contribution in [0.3, 0.4) is 0 Å². The Labute approximate surface area is 145 Å². The third kappa shape index (κ3) is 16.3. The van der Waals surface area contributed by atoms with E-state index in [0.717, 1.165) is 32.1 Å². The van der Waals surface area contributed by atoms with Crippen LogP contribution in [0.4, 0.5) is 0 Å². The van der Waals surface area contributed by atoms with Crippen LogP contribution >= 0.6 is 0 Å². The maximum Gasteiger partial charge on any atom is 0.303 e. The van der Waals surface area contributed by atoms with Gasteiger partial charge >= 0.3 is 5.97 Å². The molecule has 0 aromatic rings. The minimum atomic E-state index is -0.736. The Hall–Kier alpha value is -2.07. The first-order chi connectivity index (χ1) is 11.7. The molecule has 0 spiro atoms. The Balaban J connectivity index is 3.74. The highest BCUT2D eigenvalue weighted by molar-refractivity contribution is 5.66. The van der Waals surface area contributed by atoms with Crippen LogP contribution in [-0.4, -0.2) is 16.3 Å². The van der Waals surface area contributed by atoms with Crippen molar-refractivity contribution >= 4 is 5.97 Å². The van der Waals surface area contributed by atoms with E-state index in [1.54, 1.807) is 0 Å². The number of hydrogen-bond donors (Lipinski definition) is 2. The molecule has 0 saturated carbocycles. The summed E-state index contributed by atoms with van der Waals surface area (Å²) in [5, 5.41) is 17.3. The first-order valence-electron chi connectivity index (χ1n) is 8.52. The fourth-order valence-corrected chi connectivity index (χ4v) is 1.85.